The number of aryl methyl sites for hydroxylation is 1. The lowest BCUT2D eigenvalue weighted by atomic mass is 10.1. The summed E-state index contributed by atoms with van der Waals surface area (Å²) in [5, 5.41) is 0. The molecule has 0 aliphatic carbocycles. The van der Waals surface area contributed by atoms with Gasteiger partial charge in [0, 0.05) is 24.8 Å². The molecule has 1 aliphatic rings. The number of hydrogen-bond donors (Lipinski definition) is 0. The molecule has 4 heteroatoms. The lowest BCUT2D eigenvalue weighted by molar-refractivity contribution is 0.0952. The summed E-state index contributed by atoms with van der Waals surface area (Å²) in [4.78, 5) is 10.8. The molecule has 0 radical (unpaired) electrons. The van der Waals surface area contributed by atoms with Gasteiger partial charge in [0.05, 0.1) is 0 Å². The van der Waals surface area contributed by atoms with Crippen LogP contribution in [0.2, 0.25) is 0 Å². The zero-order valence-electron chi connectivity index (χ0n) is 12.1. The molecule has 4 nitrogen and oxygen atoms in total. The van der Waals surface area contributed by atoms with Gasteiger partial charge in [0.25, 0.3) is 0 Å². The van der Waals surface area contributed by atoms with E-state index in [2.05, 4.69) is 21.8 Å². The Kier molecular flexibility index (Phi) is 5.58. The van der Waals surface area contributed by atoms with Crippen molar-refractivity contribution in [1.82, 2.24) is 14.9 Å². The Morgan fingerprint density at radius 1 is 1.32 bits per heavy atom. The number of ether oxygens (including phenoxy) is 1. The summed E-state index contributed by atoms with van der Waals surface area (Å²) in [5.74, 6) is 0.749. The van der Waals surface area contributed by atoms with Crippen molar-refractivity contribution in [3.05, 3.63) is 18.1 Å². The van der Waals surface area contributed by atoms with Crippen LogP contribution in [0, 0.1) is 6.92 Å². The Bertz CT molecular complexity index is 375. The predicted molar refractivity (Wildman–Crippen MR) is 76.4 cm³/mol. The van der Waals surface area contributed by atoms with Crippen LogP contribution in [0.15, 0.2) is 12.5 Å². The number of likely N-dealkylation sites (tertiary alicyclic amines) is 1. The third kappa shape index (κ3) is 4.46. The largest absolute Gasteiger partial charge is 0.474 e. The van der Waals surface area contributed by atoms with Crippen molar-refractivity contribution in [3.8, 4) is 5.88 Å². The minimum Gasteiger partial charge on any atom is -0.474 e. The highest BCUT2D eigenvalue weighted by Gasteiger charge is 2.20. The average Bonchev–Trinajstić information content (AvgIpc) is 2.44. The van der Waals surface area contributed by atoms with E-state index in [1.165, 1.54) is 25.8 Å². The van der Waals surface area contributed by atoms with Crippen molar-refractivity contribution in [1.29, 1.82) is 0 Å². The van der Waals surface area contributed by atoms with E-state index in [1.54, 1.807) is 6.33 Å². The average molecular weight is 263 g/mol. The van der Waals surface area contributed by atoms with Gasteiger partial charge in [-0.1, -0.05) is 19.8 Å². The van der Waals surface area contributed by atoms with E-state index < -0.39 is 0 Å². The summed E-state index contributed by atoms with van der Waals surface area (Å²) in [6.45, 7) is 7.80. The van der Waals surface area contributed by atoms with Gasteiger partial charge in [0.2, 0.25) is 5.88 Å². The van der Waals surface area contributed by atoms with Crippen LogP contribution in [-0.2, 0) is 0 Å². The van der Waals surface area contributed by atoms with Gasteiger partial charge in [0.1, 0.15) is 12.4 Å². The van der Waals surface area contributed by atoms with Gasteiger partial charge in [-0.3, -0.25) is 0 Å². The van der Waals surface area contributed by atoms with Gasteiger partial charge in [-0.25, -0.2) is 9.97 Å². The Balaban J connectivity index is 1.73. The minimum atomic E-state index is 0.316. The van der Waals surface area contributed by atoms with Crippen LogP contribution in [0.1, 0.15) is 44.6 Å². The first-order chi connectivity index (χ1) is 9.29. The van der Waals surface area contributed by atoms with Crippen LogP contribution in [0.5, 0.6) is 5.88 Å². The van der Waals surface area contributed by atoms with Crippen molar-refractivity contribution in [2.45, 2.75) is 52.1 Å². The summed E-state index contributed by atoms with van der Waals surface area (Å²) >= 11 is 0. The standard InChI is InChI=1S/C15H25N3O/c1-3-4-5-8-18-9-6-14(7-10-18)19-15-13(2)11-16-12-17-15/h11-12,14H,3-10H2,1-2H3. The lowest BCUT2D eigenvalue weighted by Crippen LogP contribution is -2.38. The van der Waals surface area contributed by atoms with Crippen LogP contribution >= 0.6 is 0 Å². The van der Waals surface area contributed by atoms with E-state index in [0.29, 0.717) is 6.10 Å². The maximum atomic E-state index is 5.98. The highest BCUT2D eigenvalue weighted by Crippen LogP contribution is 2.19. The van der Waals surface area contributed by atoms with Gasteiger partial charge in [-0.05, 0) is 32.7 Å². The topological polar surface area (TPSA) is 38.2 Å². The molecule has 0 N–H and O–H groups in total. The number of piperidine rings is 1. The van der Waals surface area contributed by atoms with E-state index in [1.807, 2.05) is 13.1 Å². The van der Waals surface area contributed by atoms with Crippen molar-refractivity contribution in [2.24, 2.45) is 0 Å². The van der Waals surface area contributed by atoms with Crippen molar-refractivity contribution in [2.75, 3.05) is 19.6 Å². The molecule has 1 saturated heterocycles. The first kappa shape index (κ1) is 14.3. The molecule has 0 aromatic carbocycles. The third-order valence-electron chi connectivity index (χ3n) is 3.74. The third-order valence-corrected chi connectivity index (χ3v) is 3.74. The second-order valence-electron chi connectivity index (χ2n) is 5.38. The van der Waals surface area contributed by atoms with Gasteiger partial charge in [-0.2, -0.15) is 0 Å². The van der Waals surface area contributed by atoms with Crippen molar-refractivity contribution < 1.29 is 4.74 Å². The van der Waals surface area contributed by atoms with E-state index in [-0.39, 0.29) is 0 Å². The summed E-state index contributed by atoms with van der Waals surface area (Å²) in [7, 11) is 0. The molecule has 1 fully saturated rings. The van der Waals surface area contributed by atoms with Crippen molar-refractivity contribution >= 4 is 0 Å². The normalized spacial score (nSPS) is 17.6. The van der Waals surface area contributed by atoms with Gasteiger partial charge in [-0.15, -0.1) is 0 Å². The van der Waals surface area contributed by atoms with E-state index >= 15 is 0 Å². The summed E-state index contributed by atoms with van der Waals surface area (Å²) in [6, 6.07) is 0. The summed E-state index contributed by atoms with van der Waals surface area (Å²) in [5.41, 5.74) is 1.02. The molecule has 0 amide bonds. The fraction of sp³-hybridized carbons (Fsp3) is 0.733. The Morgan fingerprint density at radius 2 is 2.11 bits per heavy atom. The molecule has 0 atom stereocenters. The molecule has 0 unspecified atom stereocenters. The Labute approximate surface area is 116 Å². The van der Waals surface area contributed by atoms with Crippen LogP contribution in [0.3, 0.4) is 0 Å². The van der Waals surface area contributed by atoms with Crippen molar-refractivity contribution in [3.63, 3.8) is 0 Å². The molecule has 1 aromatic heterocycles. The SMILES string of the molecule is CCCCCN1CCC(Oc2ncncc2C)CC1. The predicted octanol–water partition coefficient (Wildman–Crippen LogP) is 2.82. The molecule has 1 aliphatic heterocycles. The van der Waals surface area contributed by atoms with Crippen LogP contribution in [0.25, 0.3) is 0 Å². The van der Waals surface area contributed by atoms with Gasteiger partial charge in [0.15, 0.2) is 0 Å². The van der Waals surface area contributed by atoms with E-state index in [0.717, 1.165) is 37.4 Å². The zero-order valence-corrected chi connectivity index (χ0v) is 12.1. The molecular weight excluding hydrogens is 238 g/mol. The lowest BCUT2D eigenvalue weighted by Gasteiger charge is -2.32. The molecule has 106 valence electrons. The zero-order chi connectivity index (χ0) is 13.5. The van der Waals surface area contributed by atoms with Crippen LogP contribution in [0.4, 0.5) is 0 Å². The molecule has 19 heavy (non-hydrogen) atoms. The number of rotatable bonds is 6. The first-order valence-corrected chi connectivity index (χ1v) is 7.45. The highest BCUT2D eigenvalue weighted by molar-refractivity contribution is 5.20. The molecule has 0 saturated carbocycles. The summed E-state index contributed by atoms with van der Waals surface area (Å²) < 4.78 is 5.98. The smallest absolute Gasteiger partial charge is 0.219 e. The number of unbranched alkanes of at least 4 members (excludes halogenated alkanes) is 2. The molecular formula is C15H25N3O. The quantitative estimate of drug-likeness (QED) is 0.740. The van der Waals surface area contributed by atoms with Gasteiger partial charge < -0.3 is 9.64 Å². The van der Waals surface area contributed by atoms with Crippen LogP contribution in [-0.4, -0.2) is 40.6 Å². The van der Waals surface area contributed by atoms with Gasteiger partial charge >= 0.3 is 0 Å². The second-order valence-corrected chi connectivity index (χ2v) is 5.38. The molecule has 2 rings (SSSR count). The summed E-state index contributed by atoms with van der Waals surface area (Å²) in [6.07, 6.45) is 9.86. The number of aromatic nitrogens is 2. The molecule has 2 heterocycles. The molecule has 0 spiro atoms. The minimum absolute atomic E-state index is 0.316. The second kappa shape index (κ2) is 7.43. The van der Waals surface area contributed by atoms with E-state index in [9.17, 15) is 0 Å². The van der Waals surface area contributed by atoms with E-state index in [4.69, 9.17) is 4.74 Å². The van der Waals surface area contributed by atoms with Crippen LogP contribution < -0.4 is 4.74 Å². The maximum absolute atomic E-state index is 5.98. The Hall–Kier alpha value is -1.16. The number of hydrogen-bond acceptors (Lipinski definition) is 4. The fourth-order valence-corrected chi connectivity index (χ4v) is 2.51. The maximum Gasteiger partial charge on any atom is 0.219 e. The Morgan fingerprint density at radius 3 is 2.79 bits per heavy atom. The molecule has 0 bridgehead atoms. The highest BCUT2D eigenvalue weighted by atomic mass is 16.5. The molecule has 1 aromatic rings. The fourth-order valence-electron chi connectivity index (χ4n) is 2.51. The number of nitrogens with zero attached hydrogens (tertiary/aromatic N) is 3. The first-order valence-electron chi connectivity index (χ1n) is 7.45. The monoisotopic (exact) mass is 263 g/mol.